The molecular formula is C10H14N4O3. The van der Waals surface area contributed by atoms with E-state index in [-0.39, 0.29) is 6.03 Å². The summed E-state index contributed by atoms with van der Waals surface area (Å²) in [6.07, 6.45) is 4.39. The molecule has 0 bridgehead atoms. The third-order valence-corrected chi connectivity index (χ3v) is 2.78. The maximum atomic E-state index is 11.8. The molecule has 2 rings (SSSR count). The zero-order valence-corrected chi connectivity index (χ0v) is 9.22. The van der Waals surface area contributed by atoms with Gasteiger partial charge >= 0.3 is 12.0 Å². The van der Waals surface area contributed by atoms with Gasteiger partial charge in [-0.05, 0) is 12.8 Å². The molecule has 7 nitrogen and oxygen atoms in total. The molecule has 2 amide bonds. The number of nitrogens with zero attached hydrogens (tertiary/aromatic N) is 2. The van der Waals surface area contributed by atoms with Crippen molar-refractivity contribution >= 4 is 12.0 Å². The number of carbonyl (C=O) groups excluding carboxylic acids is 1. The highest BCUT2D eigenvalue weighted by molar-refractivity contribution is 5.83. The topological polar surface area (TPSA) is 98.3 Å². The fourth-order valence-electron chi connectivity index (χ4n) is 1.92. The van der Waals surface area contributed by atoms with E-state index in [0.29, 0.717) is 19.5 Å². The Morgan fingerprint density at radius 2 is 2.47 bits per heavy atom. The smallest absolute Gasteiger partial charge is 0.326 e. The van der Waals surface area contributed by atoms with Crippen molar-refractivity contribution in [3.8, 4) is 0 Å². The molecule has 0 radical (unpaired) electrons. The van der Waals surface area contributed by atoms with Crippen LogP contribution >= 0.6 is 0 Å². The first kappa shape index (κ1) is 11.4. The molecule has 0 spiro atoms. The summed E-state index contributed by atoms with van der Waals surface area (Å²) in [6.45, 7) is 0.813. The van der Waals surface area contributed by atoms with Gasteiger partial charge in [-0.1, -0.05) is 0 Å². The zero-order chi connectivity index (χ0) is 12.3. The number of urea groups is 1. The Bertz CT molecular complexity index is 404. The van der Waals surface area contributed by atoms with Crippen LogP contribution in [0.15, 0.2) is 12.5 Å². The van der Waals surface area contributed by atoms with Crippen molar-refractivity contribution in [3.63, 3.8) is 0 Å². The van der Waals surface area contributed by atoms with Crippen molar-refractivity contribution in [1.29, 1.82) is 0 Å². The van der Waals surface area contributed by atoms with Gasteiger partial charge in [0, 0.05) is 12.7 Å². The number of rotatable bonds is 3. The van der Waals surface area contributed by atoms with Crippen LogP contribution in [0.25, 0.3) is 0 Å². The monoisotopic (exact) mass is 238 g/mol. The maximum absolute atomic E-state index is 11.8. The average Bonchev–Trinajstić information content (AvgIpc) is 2.96. The number of aliphatic carboxylic acids is 1. The minimum Gasteiger partial charge on any atom is -0.480 e. The fraction of sp³-hybridized carbons (Fsp3) is 0.500. The SMILES string of the molecule is O=C(O)C1CCCN1C(=O)NCc1cnc[nH]1. The highest BCUT2D eigenvalue weighted by atomic mass is 16.4. The van der Waals surface area contributed by atoms with Gasteiger partial charge in [0.05, 0.1) is 18.6 Å². The van der Waals surface area contributed by atoms with E-state index in [0.717, 1.165) is 12.1 Å². The van der Waals surface area contributed by atoms with Crippen molar-refractivity contribution in [1.82, 2.24) is 20.2 Å². The summed E-state index contributed by atoms with van der Waals surface area (Å²) < 4.78 is 0. The summed E-state index contributed by atoms with van der Waals surface area (Å²) in [6, 6.07) is -1.04. The lowest BCUT2D eigenvalue weighted by Crippen LogP contribution is -2.45. The number of likely N-dealkylation sites (tertiary alicyclic amines) is 1. The van der Waals surface area contributed by atoms with E-state index in [1.807, 2.05) is 0 Å². The van der Waals surface area contributed by atoms with Crippen LogP contribution in [0.2, 0.25) is 0 Å². The molecule has 1 saturated heterocycles. The summed E-state index contributed by atoms with van der Waals surface area (Å²) >= 11 is 0. The lowest BCUT2D eigenvalue weighted by Gasteiger charge is -2.21. The largest absolute Gasteiger partial charge is 0.480 e. The van der Waals surface area contributed by atoms with Crippen LogP contribution in [0.3, 0.4) is 0 Å². The van der Waals surface area contributed by atoms with E-state index in [9.17, 15) is 9.59 Å². The molecule has 92 valence electrons. The standard InChI is InChI=1S/C10H14N4O3/c15-9(16)8-2-1-3-14(8)10(17)12-5-7-4-11-6-13-7/h4,6,8H,1-3,5H2,(H,11,13)(H,12,17)(H,15,16). The van der Waals surface area contributed by atoms with Crippen molar-refractivity contribution in [3.05, 3.63) is 18.2 Å². The lowest BCUT2D eigenvalue weighted by atomic mass is 10.2. The number of hydrogen-bond acceptors (Lipinski definition) is 3. The van der Waals surface area contributed by atoms with Crippen LogP contribution in [-0.2, 0) is 11.3 Å². The highest BCUT2D eigenvalue weighted by Gasteiger charge is 2.33. The molecule has 1 unspecified atom stereocenters. The number of carboxylic acids is 1. The minimum absolute atomic E-state index is 0.321. The molecule has 0 aliphatic carbocycles. The van der Waals surface area contributed by atoms with Crippen molar-refractivity contribution < 1.29 is 14.7 Å². The van der Waals surface area contributed by atoms with Crippen molar-refractivity contribution in [2.24, 2.45) is 0 Å². The van der Waals surface area contributed by atoms with Crippen molar-refractivity contribution in [2.75, 3.05) is 6.54 Å². The molecule has 1 aromatic heterocycles. The van der Waals surface area contributed by atoms with Gasteiger partial charge in [-0.2, -0.15) is 0 Å². The Labute approximate surface area is 97.8 Å². The summed E-state index contributed by atoms with van der Waals surface area (Å²) in [7, 11) is 0. The van der Waals surface area contributed by atoms with Crippen LogP contribution in [0.1, 0.15) is 18.5 Å². The van der Waals surface area contributed by atoms with Gasteiger partial charge < -0.3 is 20.3 Å². The summed E-state index contributed by atoms with van der Waals surface area (Å²) in [5, 5.41) is 11.6. The molecule has 1 fully saturated rings. The molecule has 2 heterocycles. The second-order valence-corrected chi connectivity index (χ2v) is 3.93. The normalized spacial score (nSPS) is 19.3. The highest BCUT2D eigenvalue weighted by Crippen LogP contribution is 2.17. The molecule has 17 heavy (non-hydrogen) atoms. The van der Waals surface area contributed by atoms with Gasteiger partial charge in [0.25, 0.3) is 0 Å². The number of hydrogen-bond donors (Lipinski definition) is 3. The van der Waals surface area contributed by atoms with Crippen LogP contribution in [-0.4, -0.2) is 44.6 Å². The Hall–Kier alpha value is -2.05. The van der Waals surface area contributed by atoms with Crippen molar-refractivity contribution in [2.45, 2.75) is 25.4 Å². The molecule has 1 aliphatic rings. The Balaban J connectivity index is 1.89. The van der Waals surface area contributed by atoms with Crippen LogP contribution in [0.5, 0.6) is 0 Å². The van der Waals surface area contributed by atoms with Crippen LogP contribution < -0.4 is 5.32 Å². The van der Waals surface area contributed by atoms with Gasteiger partial charge in [-0.3, -0.25) is 0 Å². The Kier molecular flexibility index (Phi) is 3.27. The van der Waals surface area contributed by atoms with Gasteiger partial charge in [-0.25, -0.2) is 14.6 Å². The first-order valence-corrected chi connectivity index (χ1v) is 5.43. The maximum Gasteiger partial charge on any atom is 0.326 e. The number of aromatic amines is 1. The van der Waals surface area contributed by atoms with Gasteiger partial charge in [0.1, 0.15) is 6.04 Å². The second kappa shape index (κ2) is 4.86. The Morgan fingerprint density at radius 1 is 1.65 bits per heavy atom. The number of imidazole rings is 1. The third-order valence-electron chi connectivity index (χ3n) is 2.78. The van der Waals surface area contributed by atoms with E-state index in [4.69, 9.17) is 5.11 Å². The summed E-state index contributed by atoms with van der Waals surface area (Å²) in [5.41, 5.74) is 0.782. The van der Waals surface area contributed by atoms with E-state index in [1.54, 1.807) is 6.20 Å². The number of amides is 2. The second-order valence-electron chi connectivity index (χ2n) is 3.93. The summed E-state index contributed by atoms with van der Waals surface area (Å²) in [5.74, 6) is -0.945. The van der Waals surface area contributed by atoms with Gasteiger partial charge in [0.15, 0.2) is 0 Å². The predicted molar refractivity (Wildman–Crippen MR) is 58.2 cm³/mol. The van der Waals surface area contributed by atoms with Crippen LogP contribution in [0, 0.1) is 0 Å². The van der Waals surface area contributed by atoms with Crippen LogP contribution in [0.4, 0.5) is 4.79 Å². The predicted octanol–water partition coefficient (Wildman–Crippen LogP) is 0.168. The lowest BCUT2D eigenvalue weighted by molar-refractivity contribution is -0.141. The number of carbonyl (C=O) groups is 2. The first-order valence-electron chi connectivity index (χ1n) is 5.43. The molecular weight excluding hydrogens is 224 g/mol. The number of H-pyrrole nitrogens is 1. The quantitative estimate of drug-likeness (QED) is 0.699. The molecule has 3 N–H and O–H groups in total. The number of nitrogens with one attached hydrogen (secondary N) is 2. The van der Waals surface area contributed by atoms with Gasteiger partial charge in [-0.15, -0.1) is 0 Å². The molecule has 0 aromatic carbocycles. The van der Waals surface area contributed by atoms with E-state index >= 15 is 0 Å². The zero-order valence-electron chi connectivity index (χ0n) is 9.22. The van der Waals surface area contributed by atoms with Gasteiger partial charge in [0.2, 0.25) is 0 Å². The number of carboxylic acid groups (broad SMARTS) is 1. The molecule has 1 aromatic rings. The average molecular weight is 238 g/mol. The molecule has 7 heteroatoms. The summed E-state index contributed by atoms with van der Waals surface area (Å²) in [4.78, 5) is 30.7. The van der Waals surface area contributed by atoms with E-state index in [2.05, 4.69) is 15.3 Å². The molecule has 0 saturated carbocycles. The molecule has 1 aliphatic heterocycles. The van der Waals surface area contributed by atoms with E-state index < -0.39 is 12.0 Å². The minimum atomic E-state index is -0.945. The third kappa shape index (κ3) is 2.55. The van der Waals surface area contributed by atoms with E-state index in [1.165, 1.54) is 11.2 Å². The Morgan fingerprint density at radius 3 is 3.12 bits per heavy atom. The fourth-order valence-corrected chi connectivity index (χ4v) is 1.92. The number of aromatic nitrogens is 2. The molecule has 1 atom stereocenters. The first-order chi connectivity index (χ1) is 8.18.